The number of anilines is 1. The van der Waals surface area contributed by atoms with E-state index in [1.54, 1.807) is 0 Å². The van der Waals surface area contributed by atoms with Gasteiger partial charge in [-0.25, -0.2) is 0 Å². The smallest absolute Gasteiger partial charge is 0.154 e. The normalized spacial score (nSPS) is 10.3. The van der Waals surface area contributed by atoms with Gasteiger partial charge in [0.05, 0.1) is 0 Å². The van der Waals surface area contributed by atoms with E-state index in [0.29, 0.717) is 0 Å². The predicted molar refractivity (Wildman–Crippen MR) is 58.8 cm³/mol. The second kappa shape index (κ2) is 3.73. The molecular formula is C11H13N3O. The molecule has 2 aromatic rings. The first-order chi connectivity index (χ1) is 7.20. The zero-order chi connectivity index (χ0) is 10.8. The molecule has 0 aliphatic heterocycles. The van der Waals surface area contributed by atoms with Crippen LogP contribution in [0.4, 0.5) is 5.82 Å². The Morgan fingerprint density at radius 3 is 2.53 bits per heavy atom. The zero-order valence-corrected chi connectivity index (χ0v) is 9.03. The molecule has 0 spiro atoms. The number of hydrogen-bond acceptors (Lipinski definition) is 4. The predicted octanol–water partition coefficient (Wildman–Crippen LogP) is 2.40. The van der Waals surface area contributed by atoms with Crippen LogP contribution in [0, 0.1) is 13.8 Å². The van der Waals surface area contributed by atoms with Gasteiger partial charge >= 0.3 is 0 Å². The van der Waals surface area contributed by atoms with E-state index in [9.17, 15) is 0 Å². The number of aryl methyl sites for hydroxylation is 2. The Bertz CT molecular complexity index is 476. The summed E-state index contributed by atoms with van der Waals surface area (Å²) in [6.07, 6.45) is 0. The van der Waals surface area contributed by atoms with Gasteiger partial charge in [-0.2, -0.15) is 0 Å². The maximum Gasteiger partial charge on any atom is 0.154 e. The van der Waals surface area contributed by atoms with Crippen molar-refractivity contribution in [1.29, 1.82) is 0 Å². The fourth-order valence-electron chi connectivity index (χ4n) is 1.42. The molecule has 0 atom stereocenters. The molecule has 0 bridgehead atoms. The van der Waals surface area contributed by atoms with E-state index in [0.717, 1.165) is 28.6 Å². The Morgan fingerprint density at radius 2 is 2.00 bits per heavy atom. The summed E-state index contributed by atoms with van der Waals surface area (Å²) in [7, 11) is 1.83. The van der Waals surface area contributed by atoms with E-state index >= 15 is 0 Å². The fourth-order valence-corrected chi connectivity index (χ4v) is 1.42. The quantitative estimate of drug-likeness (QED) is 0.814. The molecule has 2 heterocycles. The summed E-state index contributed by atoms with van der Waals surface area (Å²) in [6.45, 7) is 3.89. The van der Waals surface area contributed by atoms with Gasteiger partial charge in [-0.15, -0.1) is 10.2 Å². The zero-order valence-electron chi connectivity index (χ0n) is 9.03. The molecule has 0 saturated carbocycles. The van der Waals surface area contributed by atoms with Crippen molar-refractivity contribution >= 4 is 5.82 Å². The highest BCUT2D eigenvalue weighted by atomic mass is 16.3. The average Bonchev–Trinajstić information content (AvgIpc) is 2.65. The van der Waals surface area contributed by atoms with Crippen molar-refractivity contribution in [2.45, 2.75) is 13.8 Å². The van der Waals surface area contributed by atoms with Crippen LogP contribution in [0.2, 0.25) is 0 Å². The molecule has 0 amide bonds. The monoisotopic (exact) mass is 203 g/mol. The molecule has 0 unspecified atom stereocenters. The Hall–Kier alpha value is -1.84. The van der Waals surface area contributed by atoms with Gasteiger partial charge in [-0.3, -0.25) is 0 Å². The third-order valence-corrected chi connectivity index (χ3v) is 2.21. The van der Waals surface area contributed by atoms with Gasteiger partial charge in [-0.1, -0.05) is 0 Å². The Morgan fingerprint density at radius 1 is 1.20 bits per heavy atom. The molecular weight excluding hydrogens is 190 g/mol. The lowest BCUT2D eigenvalue weighted by Gasteiger charge is -2.03. The standard InChI is InChI=1S/C11H13N3O/c1-7-6-9(13-14-11(7)12-3)10-5-4-8(2)15-10/h4-6H,1-3H3,(H,12,14). The minimum atomic E-state index is 0.755. The van der Waals surface area contributed by atoms with Crippen molar-refractivity contribution in [3.8, 4) is 11.5 Å². The molecule has 0 saturated heterocycles. The number of hydrogen-bond donors (Lipinski definition) is 1. The summed E-state index contributed by atoms with van der Waals surface area (Å²) < 4.78 is 5.48. The van der Waals surface area contributed by atoms with Crippen LogP contribution < -0.4 is 5.32 Å². The van der Waals surface area contributed by atoms with Crippen molar-refractivity contribution in [2.24, 2.45) is 0 Å². The molecule has 0 radical (unpaired) electrons. The average molecular weight is 203 g/mol. The van der Waals surface area contributed by atoms with E-state index < -0.39 is 0 Å². The number of rotatable bonds is 2. The van der Waals surface area contributed by atoms with Gasteiger partial charge in [0, 0.05) is 7.05 Å². The molecule has 15 heavy (non-hydrogen) atoms. The second-order valence-corrected chi connectivity index (χ2v) is 3.42. The van der Waals surface area contributed by atoms with E-state index in [2.05, 4.69) is 15.5 Å². The summed E-state index contributed by atoms with van der Waals surface area (Å²) >= 11 is 0. The van der Waals surface area contributed by atoms with Crippen molar-refractivity contribution in [3.05, 3.63) is 29.5 Å². The first-order valence-corrected chi connectivity index (χ1v) is 4.79. The first kappa shape index (κ1) is 9.71. The van der Waals surface area contributed by atoms with Crippen molar-refractivity contribution in [2.75, 3.05) is 12.4 Å². The second-order valence-electron chi connectivity index (χ2n) is 3.42. The highest BCUT2D eigenvalue weighted by molar-refractivity contribution is 5.56. The number of nitrogens with one attached hydrogen (secondary N) is 1. The SMILES string of the molecule is CNc1nnc(-c2ccc(C)o2)cc1C. The third kappa shape index (κ3) is 1.83. The van der Waals surface area contributed by atoms with Crippen LogP contribution in [-0.4, -0.2) is 17.2 Å². The van der Waals surface area contributed by atoms with Crippen molar-refractivity contribution in [1.82, 2.24) is 10.2 Å². The van der Waals surface area contributed by atoms with Crippen molar-refractivity contribution < 1.29 is 4.42 Å². The lowest BCUT2D eigenvalue weighted by Crippen LogP contribution is -1.98. The summed E-state index contributed by atoms with van der Waals surface area (Å²) in [5.74, 6) is 2.43. The van der Waals surface area contributed by atoms with Crippen LogP contribution in [0.15, 0.2) is 22.6 Å². The molecule has 4 heteroatoms. The lowest BCUT2D eigenvalue weighted by atomic mass is 10.2. The fraction of sp³-hybridized carbons (Fsp3) is 0.273. The van der Waals surface area contributed by atoms with Crippen LogP contribution in [0.3, 0.4) is 0 Å². The summed E-state index contributed by atoms with van der Waals surface area (Å²) in [4.78, 5) is 0. The minimum absolute atomic E-state index is 0.755. The Balaban J connectivity index is 2.42. The van der Waals surface area contributed by atoms with E-state index in [-0.39, 0.29) is 0 Å². The van der Waals surface area contributed by atoms with Crippen LogP contribution >= 0.6 is 0 Å². The molecule has 1 N–H and O–H groups in total. The molecule has 4 nitrogen and oxygen atoms in total. The van der Waals surface area contributed by atoms with Crippen molar-refractivity contribution in [3.63, 3.8) is 0 Å². The molecule has 0 aliphatic rings. The van der Waals surface area contributed by atoms with Crippen LogP contribution in [0.5, 0.6) is 0 Å². The lowest BCUT2D eigenvalue weighted by molar-refractivity contribution is 0.545. The number of nitrogens with zero attached hydrogens (tertiary/aromatic N) is 2. The van der Waals surface area contributed by atoms with Gasteiger partial charge in [0.25, 0.3) is 0 Å². The van der Waals surface area contributed by atoms with Gasteiger partial charge in [-0.05, 0) is 37.6 Å². The maximum atomic E-state index is 5.48. The molecule has 0 fully saturated rings. The van der Waals surface area contributed by atoms with E-state index in [4.69, 9.17) is 4.42 Å². The molecule has 78 valence electrons. The highest BCUT2D eigenvalue weighted by Gasteiger charge is 2.07. The van der Waals surface area contributed by atoms with E-state index in [1.807, 2.05) is 39.1 Å². The van der Waals surface area contributed by atoms with E-state index in [1.165, 1.54) is 0 Å². The van der Waals surface area contributed by atoms with Crippen LogP contribution in [0.25, 0.3) is 11.5 Å². The third-order valence-electron chi connectivity index (χ3n) is 2.21. The molecule has 2 aromatic heterocycles. The minimum Gasteiger partial charge on any atom is -0.460 e. The molecule has 0 aliphatic carbocycles. The van der Waals surface area contributed by atoms with Gasteiger partial charge < -0.3 is 9.73 Å². The van der Waals surface area contributed by atoms with Crippen LogP contribution in [0.1, 0.15) is 11.3 Å². The summed E-state index contributed by atoms with van der Waals surface area (Å²) in [6, 6.07) is 5.77. The Kier molecular flexibility index (Phi) is 2.41. The summed E-state index contributed by atoms with van der Waals surface area (Å²) in [5.41, 5.74) is 1.82. The Labute approximate surface area is 88.3 Å². The largest absolute Gasteiger partial charge is 0.460 e. The summed E-state index contributed by atoms with van der Waals surface area (Å²) in [5, 5.41) is 11.1. The number of furan rings is 1. The topological polar surface area (TPSA) is 51.0 Å². The first-order valence-electron chi connectivity index (χ1n) is 4.79. The highest BCUT2D eigenvalue weighted by Crippen LogP contribution is 2.21. The maximum absolute atomic E-state index is 5.48. The van der Waals surface area contributed by atoms with Gasteiger partial charge in [0.1, 0.15) is 11.5 Å². The molecule has 2 rings (SSSR count). The van der Waals surface area contributed by atoms with Gasteiger partial charge in [0.15, 0.2) is 11.6 Å². The number of aromatic nitrogens is 2. The molecule has 0 aromatic carbocycles. The van der Waals surface area contributed by atoms with Crippen LogP contribution in [-0.2, 0) is 0 Å². The van der Waals surface area contributed by atoms with Gasteiger partial charge in [0.2, 0.25) is 0 Å².